The number of amides is 2. The zero-order valence-corrected chi connectivity index (χ0v) is 12.5. The first-order chi connectivity index (χ1) is 10.0. The van der Waals surface area contributed by atoms with Crippen molar-refractivity contribution >= 4 is 11.8 Å². The Bertz CT molecular complexity index is 525. The number of piperazine rings is 1. The van der Waals surface area contributed by atoms with Gasteiger partial charge in [-0.15, -0.1) is 0 Å². The quantitative estimate of drug-likeness (QED) is 0.856. The van der Waals surface area contributed by atoms with E-state index in [4.69, 9.17) is 0 Å². The maximum atomic E-state index is 13.2. The van der Waals surface area contributed by atoms with Gasteiger partial charge in [-0.25, -0.2) is 4.39 Å². The topological polar surface area (TPSA) is 40.6 Å². The largest absolute Gasteiger partial charge is 0.339 e. The molecule has 2 amide bonds. The highest BCUT2D eigenvalue weighted by Crippen LogP contribution is 2.13. The molecule has 1 aliphatic rings. The third-order valence-electron chi connectivity index (χ3n) is 3.98. The summed E-state index contributed by atoms with van der Waals surface area (Å²) in [6.07, 6.45) is 0.821. The molecule has 5 heteroatoms. The Morgan fingerprint density at radius 1 is 1.19 bits per heavy atom. The van der Waals surface area contributed by atoms with Crippen molar-refractivity contribution in [3.8, 4) is 0 Å². The van der Waals surface area contributed by atoms with Gasteiger partial charge in [0.2, 0.25) is 5.91 Å². The number of hydrogen-bond donors (Lipinski definition) is 0. The van der Waals surface area contributed by atoms with Crippen molar-refractivity contribution in [1.29, 1.82) is 0 Å². The lowest BCUT2D eigenvalue weighted by Gasteiger charge is -2.36. The third kappa shape index (κ3) is 3.60. The highest BCUT2D eigenvalue weighted by Gasteiger charge is 2.26. The number of carbonyl (C=O) groups is 2. The summed E-state index contributed by atoms with van der Waals surface area (Å²) in [5, 5.41) is 0. The summed E-state index contributed by atoms with van der Waals surface area (Å²) in [6.45, 7) is 6.00. The molecule has 0 saturated carbocycles. The maximum absolute atomic E-state index is 13.2. The van der Waals surface area contributed by atoms with Gasteiger partial charge in [0.15, 0.2) is 0 Å². The summed E-state index contributed by atoms with van der Waals surface area (Å²) >= 11 is 0. The molecule has 1 aliphatic heterocycles. The monoisotopic (exact) mass is 292 g/mol. The van der Waals surface area contributed by atoms with Gasteiger partial charge in [-0.05, 0) is 24.6 Å². The number of nitrogens with zero attached hydrogens (tertiary/aromatic N) is 2. The Labute approximate surface area is 124 Å². The Morgan fingerprint density at radius 3 is 2.38 bits per heavy atom. The van der Waals surface area contributed by atoms with Gasteiger partial charge >= 0.3 is 0 Å². The van der Waals surface area contributed by atoms with Gasteiger partial charge in [-0.1, -0.05) is 19.9 Å². The predicted octanol–water partition coefficient (Wildman–Crippen LogP) is 2.16. The molecule has 1 atom stereocenters. The van der Waals surface area contributed by atoms with E-state index < -0.39 is 5.82 Å². The third-order valence-corrected chi connectivity index (χ3v) is 3.98. The average molecular weight is 292 g/mol. The van der Waals surface area contributed by atoms with Gasteiger partial charge in [0.1, 0.15) is 5.82 Å². The van der Waals surface area contributed by atoms with Gasteiger partial charge in [0.05, 0.1) is 0 Å². The smallest absolute Gasteiger partial charge is 0.254 e. The standard InChI is InChI=1S/C16H21FN2O2/c1-3-12(2)15(20)18-7-9-19(10-8-18)16(21)13-5-4-6-14(17)11-13/h4-6,11-12H,3,7-10H2,1-2H3. The summed E-state index contributed by atoms with van der Waals surface area (Å²) in [5.74, 6) is -0.414. The lowest BCUT2D eigenvalue weighted by Crippen LogP contribution is -2.51. The molecular formula is C16H21FN2O2. The van der Waals surface area contributed by atoms with E-state index in [2.05, 4.69) is 0 Å². The Morgan fingerprint density at radius 2 is 1.81 bits per heavy atom. The highest BCUT2D eigenvalue weighted by atomic mass is 19.1. The van der Waals surface area contributed by atoms with Crippen molar-refractivity contribution in [2.45, 2.75) is 20.3 Å². The second-order valence-electron chi connectivity index (χ2n) is 5.44. The van der Waals surface area contributed by atoms with E-state index in [0.29, 0.717) is 31.7 Å². The average Bonchev–Trinajstić information content (AvgIpc) is 2.53. The van der Waals surface area contributed by atoms with Crippen molar-refractivity contribution < 1.29 is 14.0 Å². The van der Waals surface area contributed by atoms with E-state index in [-0.39, 0.29) is 17.7 Å². The van der Waals surface area contributed by atoms with Crippen molar-refractivity contribution in [3.63, 3.8) is 0 Å². The lowest BCUT2D eigenvalue weighted by atomic mass is 10.1. The summed E-state index contributed by atoms with van der Waals surface area (Å²) < 4.78 is 13.2. The molecule has 0 spiro atoms. The van der Waals surface area contributed by atoms with Gasteiger partial charge < -0.3 is 9.80 Å². The molecule has 4 nitrogen and oxygen atoms in total. The minimum Gasteiger partial charge on any atom is -0.339 e. The summed E-state index contributed by atoms with van der Waals surface area (Å²) in [7, 11) is 0. The fourth-order valence-corrected chi connectivity index (χ4v) is 2.42. The Kier molecular flexibility index (Phi) is 4.94. The minimum absolute atomic E-state index is 0.0236. The molecule has 1 saturated heterocycles. The lowest BCUT2D eigenvalue weighted by molar-refractivity contribution is -0.136. The van der Waals surface area contributed by atoms with Crippen LogP contribution in [0.15, 0.2) is 24.3 Å². The molecule has 1 fully saturated rings. The van der Waals surface area contributed by atoms with Gasteiger partial charge in [0, 0.05) is 37.7 Å². The summed E-state index contributed by atoms with van der Waals surface area (Å²) in [6, 6.07) is 5.71. The number of rotatable bonds is 3. The Balaban J connectivity index is 1.95. The first-order valence-corrected chi connectivity index (χ1v) is 7.36. The highest BCUT2D eigenvalue weighted by molar-refractivity contribution is 5.94. The predicted molar refractivity (Wildman–Crippen MR) is 78.3 cm³/mol. The first kappa shape index (κ1) is 15.5. The zero-order valence-electron chi connectivity index (χ0n) is 12.5. The van der Waals surface area contributed by atoms with Crippen LogP contribution in [0, 0.1) is 11.7 Å². The van der Waals surface area contributed by atoms with Crippen molar-refractivity contribution in [1.82, 2.24) is 9.80 Å². The fraction of sp³-hybridized carbons (Fsp3) is 0.500. The molecule has 1 aromatic rings. The normalized spacial score (nSPS) is 16.7. The van der Waals surface area contributed by atoms with Crippen LogP contribution in [0.5, 0.6) is 0 Å². The van der Waals surface area contributed by atoms with Crippen molar-refractivity contribution in [2.75, 3.05) is 26.2 Å². The molecule has 1 heterocycles. The van der Waals surface area contributed by atoms with Crippen LogP contribution in [0.2, 0.25) is 0 Å². The summed E-state index contributed by atoms with van der Waals surface area (Å²) in [4.78, 5) is 27.9. The molecule has 1 unspecified atom stereocenters. The van der Waals surface area contributed by atoms with Crippen LogP contribution in [0.3, 0.4) is 0 Å². The SMILES string of the molecule is CCC(C)C(=O)N1CCN(C(=O)c2cccc(F)c2)CC1. The van der Waals surface area contributed by atoms with E-state index in [1.165, 1.54) is 18.2 Å². The van der Waals surface area contributed by atoms with Crippen LogP contribution in [-0.2, 0) is 4.79 Å². The van der Waals surface area contributed by atoms with Gasteiger partial charge in [0.25, 0.3) is 5.91 Å². The molecule has 0 radical (unpaired) electrons. The Hall–Kier alpha value is -1.91. The molecular weight excluding hydrogens is 271 g/mol. The van der Waals surface area contributed by atoms with E-state index in [1.807, 2.05) is 18.7 Å². The molecule has 2 rings (SSSR count). The van der Waals surface area contributed by atoms with Gasteiger partial charge in [-0.2, -0.15) is 0 Å². The van der Waals surface area contributed by atoms with Gasteiger partial charge in [-0.3, -0.25) is 9.59 Å². The molecule has 1 aromatic carbocycles. The molecule has 114 valence electrons. The summed E-state index contributed by atoms with van der Waals surface area (Å²) in [5.41, 5.74) is 0.358. The minimum atomic E-state index is -0.411. The second-order valence-corrected chi connectivity index (χ2v) is 5.44. The van der Waals surface area contributed by atoms with Crippen LogP contribution in [0.25, 0.3) is 0 Å². The molecule has 0 N–H and O–H groups in total. The number of carbonyl (C=O) groups excluding carboxylic acids is 2. The van der Waals surface area contributed by atoms with Crippen molar-refractivity contribution in [2.24, 2.45) is 5.92 Å². The second kappa shape index (κ2) is 6.70. The van der Waals surface area contributed by atoms with Crippen LogP contribution in [0.4, 0.5) is 4.39 Å². The molecule has 21 heavy (non-hydrogen) atoms. The van der Waals surface area contributed by atoms with Crippen LogP contribution in [-0.4, -0.2) is 47.8 Å². The van der Waals surface area contributed by atoms with Crippen LogP contribution in [0.1, 0.15) is 30.6 Å². The molecule has 0 bridgehead atoms. The van der Waals surface area contributed by atoms with Crippen LogP contribution < -0.4 is 0 Å². The molecule has 0 aromatic heterocycles. The van der Waals surface area contributed by atoms with E-state index in [1.54, 1.807) is 11.0 Å². The van der Waals surface area contributed by atoms with E-state index in [0.717, 1.165) is 6.42 Å². The van der Waals surface area contributed by atoms with E-state index >= 15 is 0 Å². The van der Waals surface area contributed by atoms with E-state index in [9.17, 15) is 14.0 Å². The maximum Gasteiger partial charge on any atom is 0.254 e. The molecule has 0 aliphatic carbocycles. The first-order valence-electron chi connectivity index (χ1n) is 7.36. The number of hydrogen-bond acceptors (Lipinski definition) is 2. The zero-order chi connectivity index (χ0) is 15.4. The number of benzene rings is 1. The van der Waals surface area contributed by atoms with Crippen molar-refractivity contribution in [3.05, 3.63) is 35.6 Å². The number of halogens is 1. The van der Waals surface area contributed by atoms with Crippen LogP contribution >= 0.6 is 0 Å². The fourth-order valence-electron chi connectivity index (χ4n) is 2.42.